The predicted octanol–water partition coefficient (Wildman–Crippen LogP) is 3.15. The van der Waals surface area contributed by atoms with E-state index >= 15 is 0 Å². The monoisotopic (exact) mass is 249 g/mol. The third kappa shape index (κ3) is 19.6. The molecule has 0 saturated carbocycles. The van der Waals surface area contributed by atoms with Gasteiger partial charge in [0.2, 0.25) is 0 Å². The SMILES string of the molecule is CCCCC(CCC)CCCC.O=[P+]([O-])[O-]. The summed E-state index contributed by atoms with van der Waals surface area (Å²) in [6.07, 6.45) is 11.4. The van der Waals surface area contributed by atoms with Crippen LogP contribution in [0.4, 0.5) is 0 Å². The van der Waals surface area contributed by atoms with Crippen LogP contribution in [0.15, 0.2) is 0 Å². The third-order valence-corrected chi connectivity index (χ3v) is 2.63. The van der Waals surface area contributed by atoms with Crippen LogP contribution in [-0.2, 0) is 4.57 Å². The molecule has 0 unspecified atom stereocenters. The van der Waals surface area contributed by atoms with Crippen LogP contribution < -0.4 is 9.79 Å². The first-order chi connectivity index (χ1) is 7.58. The lowest BCUT2D eigenvalue weighted by molar-refractivity contribution is -0.297. The van der Waals surface area contributed by atoms with Crippen molar-refractivity contribution in [3.8, 4) is 0 Å². The van der Waals surface area contributed by atoms with Crippen molar-refractivity contribution in [3.05, 3.63) is 0 Å². The van der Waals surface area contributed by atoms with E-state index in [1.54, 1.807) is 0 Å². The van der Waals surface area contributed by atoms with Gasteiger partial charge in [-0.2, -0.15) is 0 Å². The van der Waals surface area contributed by atoms with Gasteiger partial charge in [-0.05, 0) is 5.92 Å². The third-order valence-electron chi connectivity index (χ3n) is 2.63. The molecule has 3 nitrogen and oxygen atoms in total. The highest BCUT2D eigenvalue weighted by molar-refractivity contribution is 7.27. The largest absolute Gasteiger partial charge is 0.598 e. The lowest BCUT2D eigenvalue weighted by Gasteiger charge is -2.14. The Morgan fingerprint density at radius 3 is 1.50 bits per heavy atom. The zero-order valence-electron chi connectivity index (χ0n) is 10.9. The van der Waals surface area contributed by atoms with E-state index < -0.39 is 8.25 Å². The lowest BCUT2D eigenvalue weighted by atomic mass is 9.92. The highest BCUT2D eigenvalue weighted by atomic mass is 31.1. The normalized spacial score (nSPS) is 9.88. The summed E-state index contributed by atoms with van der Waals surface area (Å²) in [7, 11) is -3.37. The van der Waals surface area contributed by atoms with Crippen LogP contribution in [0, 0.1) is 5.92 Å². The fourth-order valence-corrected chi connectivity index (χ4v) is 1.83. The Bertz CT molecular complexity index is 139. The molecule has 0 spiro atoms. The highest BCUT2D eigenvalue weighted by Crippen LogP contribution is 2.20. The van der Waals surface area contributed by atoms with Crippen molar-refractivity contribution < 1.29 is 14.4 Å². The van der Waals surface area contributed by atoms with Gasteiger partial charge < -0.3 is 9.79 Å². The average molecular weight is 249 g/mol. The Morgan fingerprint density at radius 1 is 0.875 bits per heavy atom. The summed E-state index contributed by atoms with van der Waals surface area (Å²) in [6, 6.07) is 0. The van der Waals surface area contributed by atoms with Crippen molar-refractivity contribution in [3.63, 3.8) is 0 Å². The summed E-state index contributed by atoms with van der Waals surface area (Å²) in [4.78, 5) is 17.0. The van der Waals surface area contributed by atoms with Crippen molar-refractivity contribution in [2.75, 3.05) is 0 Å². The minimum Gasteiger partial charge on any atom is -0.598 e. The number of unbranched alkanes of at least 4 members (excludes halogenated alkanes) is 2. The molecule has 98 valence electrons. The standard InChI is InChI=1S/C12H26.HO3P/c1-4-7-10-12(9-6-3)11-8-5-2;1-4(2)3/h12H,4-11H2,1-3H3;(H,1,2,3)/p-1. The first kappa shape index (κ1) is 18.4. The van der Waals surface area contributed by atoms with Crippen molar-refractivity contribution in [2.45, 2.75) is 72.1 Å². The molecule has 0 aliphatic carbocycles. The van der Waals surface area contributed by atoms with Gasteiger partial charge in [-0.3, -0.25) is 0 Å². The molecule has 0 atom stereocenters. The molecule has 0 heterocycles. The molecule has 0 aromatic rings. The Morgan fingerprint density at radius 2 is 1.25 bits per heavy atom. The second-order valence-electron chi connectivity index (χ2n) is 4.16. The number of hydrogen-bond donors (Lipinski definition) is 0. The second kappa shape index (κ2) is 15.0. The van der Waals surface area contributed by atoms with E-state index in [0.29, 0.717) is 0 Å². The van der Waals surface area contributed by atoms with Crippen LogP contribution in [0.25, 0.3) is 0 Å². The zero-order chi connectivity index (χ0) is 12.8. The van der Waals surface area contributed by atoms with Gasteiger partial charge in [0.25, 0.3) is 8.25 Å². The maximum Gasteiger partial charge on any atom is 0.276 e. The van der Waals surface area contributed by atoms with E-state index in [1.165, 1.54) is 51.4 Å². The van der Waals surface area contributed by atoms with Crippen LogP contribution in [0.1, 0.15) is 72.1 Å². The summed E-state index contributed by atoms with van der Waals surface area (Å²) in [6.45, 7) is 6.90. The van der Waals surface area contributed by atoms with Gasteiger partial charge in [0.05, 0.1) is 0 Å². The van der Waals surface area contributed by atoms with Gasteiger partial charge in [0.1, 0.15) is 0 Å². The molecule has 0 radical (unpaired) electrons. The van der Waals surface area contributed by atoms with E-state index in [9.17, 15) is 0 Å². The summed E-state index contributed by atoms with van der Waals surface area (Å²) >= 11 is 0. The Balaban J connectivity index is 0. The van der Waals surface area contributed by atoms with E-state index in [-0.39, 0.29) is 0 Å². The first-order valence-corrected chi connectivity index (χ1v) is 7.49. The second-order valence-corrected chi connectivity index (χ2v) is 4.61. The van der Waals surface area contributed by atoms with Crippen LogP contribution in [0.5, 0.6) is 0 Å². The summed E-state index contributed by atoms with van der Waals surface area (Å²) in [5.74, 6) is 1.04. The van der Waals surface area contributed by atoms with Crippen molar-refractivity contribution in [2.24, 2.45) is 5.92 Å². The van der Waals surface area contributed by atoms with E-state index in [1.807, 2.05) is 0 Å². The fourth-order valence-electron chi connectivity index (χ4n) is 1.83. The van der Waals surface area contributed by atoms with E-state index in [4.69, 9.17) is 14.4 Å². The summed E-state index contributed by atoms with van der Waals surface area (Å²) < 4.78 is 8.48. The Hall–Kier alpha value is 0.0200. The van der Waals surface area contributed by atoms with Crippen molar-refractivity contribution in [1.29, 1.82) is 0 Å². The molecular formula is C12H26O3P-. The van der Waals surface area contributed by atoms with E-state index in [2.05, 4.69) is 20.8 Å². The number of rotatable bonds is 8. The van der Waals surface area contributed by atoms with Crippen LogP contribution in [0.2, 0.25) is 0 Å². The van der Waals surface area contributed by atoms with Gasteiger partial charge >= 0.3 is 0 Å². The molecule has 4 heteroatoms. The first-order valence-electron chi connectivity index (χ1n) is 6.39. The van der Waals surface area contributed by atoms with Gasteiger partial charge in [0.15, 0.2) is 0 Å². The molecule has 0 aromatic carbocycles. The smallest absolute Gasteiger partial charge is 0.276 e. The van der Waals surface area contributed by atoms with E-state index in [0.717, 1.165) is 5.92 Å². The molecule has 0 fully saturated rings. The maximum absolute atomic E-state index is 8.48. The topological polar surface area (TPSA) is 63.2 Å². The number of hydrogen-bond acceptors (Lipinski definition) is 3. The van der Waals surface area contributed by atoms with Crippen LogP contribution >= 0.6 is 8.25 Å². The zero-order valence-corrected chi connectivity index (χ0v) is 11.8. The quantitative estimate of drug-likeness (QED) is 0.621. The van der Waals surface area contributed by atoms with Crippen molar-refractivity contribution >= 4 is 8.25 Å². The fraction of sp³-hybridized carbons (Fsp3) is 1.00. The average Bonchev–Trinajstić information content (AvgIpc) is 2.21. The molecule has 0 saturated heterocycles. The van der Waals surface area contributed by atoms with Gasteiger partial charge in [-0.1, -0.05) is 76.7 Å². The molecule has 0 amide bonds. The van der Waals surface area contributed by atoms with Crippen LogP contribution in [-0.4, -0.2) is 0 Å². The lowest BCUT2D eigenvalue weighted by Crippen LogP contribution is -1.99. The van der Waals surface area contributed by atoms with Gasteiger partial charge in [-0.15, -0.1) is 0 Å². The minimum atomic E-state index is -3.37. The van der Waals surface area contributed by atoms with Gasteiger partial charge in [-0.25, -0.2) is 0 Å². The predicted molar refractivity (Wildman–Crippen MR) is 65.1 cm³/mol. The minimum absolute atomic E-state index is 1.04. The molecule has 0 N–H and O–H groups in total. The summed E-state index contributed by atoms with van der Waals surface area (Å²) in [5, 5.41) is 0. The molecular weight excluding hydrogens is 223 g/mol. The molecule has 16 heavy (non-hydrogen) atoms. The summed E-state index contributed by atoms with van der Waals surface area (Å²) in [5.41, 5.74) is 0. The molecule has 0 aliphatic heterocycles. The van der Waals surface area contributed by atoms with Crippen LogP contribution in [0.3, 0.4) is 0 Å². The highest BCUT2D eigenvalue weighted by Gasteiger charge is 2.05. The Kier molecular flexibility index (Phi) is 17.3. The Labute approximate surface area is 101 Å². The molecule has 0 bridgehead atoms. The molecule has 0 rings (SSSR count). The van der Waals surface area contributed by atoms with Gasteiger partial charge in [0, 0.05) is 0 Å². The maximum atomic E-state index is 8.48. The molecule has 0 aromatic heterocycles. The molecule has 0 aliphatic rings. The van der Waals surface area contributed by atoms with Crippen molar-refractivity contribution in [1.82, 2.24) is 0 Å².